The van der Waals surface area contributed by atoms with Crippen molar-refractivity contribution in [3.05, 3.63) is 20.8 Å². The molecule has 17 heavy (non-hydrogen) atoms. The summed E-state index contributed by atoms with van der Waals surface area (Å²) >= 11 is 4.67. The first-order chi connectivity index (χ1) is 8.08. The van der Waals surface area contributed by atoms with Crippen molar-refractivity contribution in [3.8, 4) is 0 Å². The molecule has 0 spiro atoms. The van der Waals surface area contributed by atoms with Crippen LogP contribution in [-0.2, 0) is 9.53 Å². The summed E-state index contributed by atoms with van der Waals surface area (Å²) in [7, 11) is 0. The predicted molar refractivity (Wildman–Crippen MR) is 66.9 cm³/mol. The van der Waals surface area contributed by atoms with Gasteiger partial charge in [0.2, 0.25) is 5.91 Å². The van der Waals surface area contributed by atoms with Crippen LogP contribution in [0, 0.1) is 0 Å². The van der Waals surface area contributed by atoms with Crippen LogP contribution in [0.3, 0.4) is 0 Å². The summed E-state index contributed by atoms with van der Waals surface area (Å²) in [5, 5.41) is 1.85. The number of thiophene rings is 1. The Morgan fingerprint density at radius 1 is 1.59 bits per heavy atom. The number of ether oxygens (including phenoxy) is 1. The molecule has 1 atom stereocenters. The molecule has 2 N–H and O–H groups in total. The number of morpholine rings is 1. The summed E-state index contributed by atoms with van der Waals surface area (Å²) in [6, 6.07) is 1.77. The summed E-state index contributed by atoms with van der Waals surface area (Å²) in [5.74, 6) is -0.620. The molecular weight excluding hydrogens is 308 g/mol. The highest BCUT2D eigenvalue weighted by atomic mass is 79.9. The summed E-state index contributed by atoms with van der Waals surface area (Å²) in [5.41, 5.74) is 5.17. The van der Waals surface area contributed by atoms with E-state index in [0.717, 1.165) is 4.47 Å². The van der Waals surface area contributed by atoms with Crippen LogP contribution in [0.2, 0.25) is 0 Å². The number of hydrogen-bond acceptors (Lipinski definition) is 4. The van der Waals surface area contributed by atoms with Gasteiger partial charge < -0.3 is 15.4 Å². The third kappa shape index (κ3) is 2.85. The van der Waals surface area contributed by atoms with E-state index in [1.165, 1.54) is 11.3 Å². The van der Waals surface area contributed by atoms with Crippen molar-refractivity contribution < 1.29 is 14.3 Å². The summed E-state index contributed by atoms with van der Waals surface area (Å²) in [6.07, 6.45) is -0.698. The molecular formula is C10H11BrN2O3S. The van der Waals surface area contributed by atoms with E-state index in [0.29, 0.717) is 18.0 Å². The lowest BCUT2D eigenvalue weighted by Gasteiger charge is -2.31. The van der Waals surface area contributed by atoms with Gasteiger partial charge in [-0.05, 0) is 22.0 Å². The quantitative estimate of drug-likeness (QED) is 0.878. The van der Waals surface area contributed by atoms with Crippen molar-refractivity contribution in [2.24, 2.45) is 5.73 Å². The molecule has 1 fully saturated rings. The lowest BCUT2D eigenvalue weighted by Crippen LogP contribution is -2.50. The molecule has 5 nitrogen and oxygen atoms in total. The van der Waals surface area contributed by atoms with Crippen molar-refractivity contribution in [1.82, 2.24) is 4.90 Å². The zero-order valence-corrected chi connectivity index (χ0v) is 11.3. The third-order valence-corrected chi connectivity index (χ3v) is 4.13. The van der Waals surface area contributed by atoms with Gasteiger partial charge in [0.05, 0.1) is 18.0 Å². The molecule has 0 aromatic carbocycles. The molecule has 1 aliphatic heterocycles. The average Bonchev–Trinajstić information content (AvgIpc) is 2.75. The fraction of sp³-hybridized carbons (Fsp3) is 0.400. The van der Waals surface area contributed by atoms with Crippen LogP contribution in [0.25, 0.3) is 0 Å². The number of halogens is 1. The average molecular weight is 319 g/mol. The van der Waals surface area contributed by atoms with Crippen LogP contribution in [-0.4, -0.2) is 42.5 Å². The first kappa shape index (κ1) is 12.5. The molecule has 0 saturated carbocycles. The minimum Gasteiger partial charge on any atom is -0.367 e. The molecule has 0 radical (unpaired) electrons. The Labute approximate surface area is 111 Å². The molecule has 1 unspecified atom stereocenters. The lowest BCUT2D eigenvalue weighted by atomic mass is 10.2. The maximum Gasteiger partial charge on any atom is 0.264 e. The van der Waals surface area contributed by atoms with E-state index in [-0.39, 0.29) is 12.5 Å². The highest BCUT2D eigenvalue weighted by Crippen LogP contribution is 2.22. The SMILES string of the molecule is NC(=O)C1CN(C(=O)c2cc(Br)cs2)CCO1. The minimum absolute atomic E-state index is 0.0877. The van der Waals surface area contributed by atoms with Crippen molar-refractivity contribution in [1.29, 1.82) is 0 Å². The fourth-order valence-corrected chi connectivity index (χ4v) is 2.98. The van der Waals surface area contributed by atoms with Crippen LogP contribution in [0.15, 0.2) is 15.9 Å². The Morgan fingerprint density at radius 2 is 2.35 bits per heavy atom. The highest BCUT2D eigenvalue weighted by Gasteiger charge is 2.28. The first-order valence-electron chi connectivity index (χ1n) is 5.02. The molecule has 1 aromatic heterocycles. The topological polar surface area (TPSA) is 72.6 Å². The number of carbonyl (C=O) groups is 2. The zero-order chi connectivity index (χ0) is 12.4. The van der Waals surface area contributed by atoms with E-state index in [9.17, 15) is 9.59 Å². The number of nitrogens with zero attached hydrogens (tertiary/aromatic N) is 1. The normalized spacial score (nSPS) is 20.3. The summed E-state index contributed by atoms with van der Waals surface area (Å²) in [4.78, 5) is 25.3. The van der Waals surface area contributed by atoms with Gasteiger partial charge in [0.1, 0.15) is 0 Å². The zero-order valence-electron chi connectivity index (χ0n) is 8.89. The molecule has 1 aromatic rings. The lowest BCUT2D eigenvalue weighted by molar-refractivity contribution is -0.133. The van der Waals surface area contributed by atoms with E-state index < -0.39 is 12.0 Å². The van der Waals surface area contributed by atoms with E-state index in [1.54, 1.807) is 11.0 Å². The van der Waals surface area contributed by atoms with Gasteiger partial charge in [0.15, 0.2) is 6.10 Å². The van der Waals surface area contributed by atoms with Gasteiger partial charge in [-0.3, -0.25) is 9.59 Å². The number of nitrogens with two attached hydrogens (primary N) is 1. The van der Waals surface area contributed by atoms with Crippen LogP contribution < -0.4 is 5.73 Å². The Balaban J connectivity index is 2.07. The molecule has 1 aliphatic rings. The Kier molecular flexibility index (Phi) is 3.80. The van der Waals surface area contributed by atoms with Crippen molar-refractivity contribution in [2.45, 2.75) is 6.10 Å². The van der Waals surface area contributed by atoms with Crippen molar-refractivity contribution in [3.63, 3.8) is 0 Å². The Bertz CT molecular complexity index is 449. The standard InChI is InChI=1S/C10H11BrN2O3S/c11-6-3-8(17-5-6)10(15)13-1-2-16-7(4-13)9(12)14/h3,5,7H,1-2,4H2,(H2,12,14). The number of carbonyl (C=O) groups excluding carboxylic acids is 2. The van der Waals surface area contributed by atoms with E-state index in [1.807, 2.05) is 5.38 Å². The molecule has 2 amide bonds. The van der Waals surface area contributed by atoms with Gasteiger partial charge in [-0.2, -0.15) is 0 Å². The first-order valence-corrected chi connectivity index (χ1v) is 6.69. The second-order valence-electron chi connectivity index (χ2n) is 3.64. The van der Waals surface area contributed by atoms with E-state index in [2.05, 4.69) is 15.9 Å². The fourth-order valence-electron chi connectivity index (χ4n) is 1.59. The van der Waals surface area contributed by atoms with Gasteiger partial charge in [-0.1, -0.05) is 0 Å². The third-order valence-electron chi connectivity index (χ3n) is 2.45. The number of rotatable bonds is 2. The van der Waals surface area contributed by atoms with E-state index >= 15 is 0 Å². The molecule has 0 aliphatic carbocycles. The number of hydrogen-bond donors (Lipinski definition) is 1. The largest absolute Gasteiger partial charge is 0.367 e. The van der Waals surface area contributed by atoms with Crippen LogP contribution >= 0.6 is 27.3 Å². The predicted octanol–water partition coefficient (Wildman–Crippen LogP) is 0.837. The molecule has 0 bridgehead atoms. The summed E-state index contributed by atoms with van der Waals surface area (Å²) in [6.45, 7) is 1.05. The second-order valence-corrected chi connectivity index (χ2v) is 5.47. The highest BCUT2D eigenvalue weighted by molar-refractivity contribution is 9.10. The molecule has 1 saturated heterocycles. The number of amides is 2. The molecule has 7 heteroatoms. The maximum absolute atomic E-state index is 12.1. The molecule has 2 rings (SSSR count). The van der Waals surface area contributed by atoms with Crippen LogP contribution in [0.4, 0.5) is 0 Å². The van der Waals surface area contributed by atoms with Crippen molar-refractivity contribution in [2.75, 3.05) is 19.7 Å². The Hall–Kier alpha value is -0.920. The van der Waals surface area contributed by atoms with Crippen molar-refractivity contribution >= 4 is 39.1 Å². The monoisotopic (exact) mass is 318 g/mol. The van der Waals surface area contributed by atoms with Gasteiger partial charge in [0.25, 0.3) is 5.91 Å². The van der Waals surface area contributed by atoms with Crippen LogP contribution in [0.5, 0.6) is 0 Å². The second kappa shape index (κ2) is 5.16. The number of primary amides is 1. The van der Waals surface area contributed by atoms with Gasteiger partial charge >= 0.3 is 0 Å². The summed E-state index contributed by atoms with van der Waals surface area (Å²) < 4.78 is 6.07. The Morgan fingerprint density at radius 3 is 2.94 bits per heavy atom. The molecule has 2 heterocycles. The van der Waals surface area contributed by atoms with Gasteiger partial charge in [-0.15, -0.1) is 11.3 Å². The maximum atomic E-state index is 12.1. The van der Waals surface area contributed by atoms with E-state index in [4.69, 9.17) is 10.5 Å². The van der Waals surface area contributed by atoms with Gasteiger partial charge in [0, 0.05) is 16.4 Å². The smallest absolute Gasteiger partial charge is 0.264 e. The molecule has 92 valence electrons. The minimum atomic E-state index is -0.698. The van der Waals surface area contributed by atoms with Gasteiger partial charge in [-0.25, -0.2) is 0 Å². The van der Waals surface area contributed by atoms with Crippen LogP contribution in [0.1, 0.15) is 9.67 Å².